The summed E-state index contributed by atoms with van der Waals surface area (Å²) in [4.78, 5) is 6.94. The second-order valence-electron chi connectivity index (χ2n) is 6.84. The van der Waals surface area contributed by atoms with Crippen LogP contribution in [0.1, 0.15) is 17.0 Å². The third-order valence-electron chi connectivity index (χ3n) is 5.05. The van der Waals surface area contributed by atoms with E-state index in [1.807, 2.05) is 24.4 Å². The van der Waals surface area contributed by atoms with Crippen LogP contribution >= 0.6 is 0 Å². The predicted octanol–water partition coefficient (Wildman–Crippen LogP) is 3.15. The van der Waals surface area contributed by atoms with Crippen LogP contribution in [0.4, 0.5) is 0 Å². The van der Waals surface area contributed by atoms with E-state index in [1.54, 1.807) is 0 Å². The van der Waals surface area contributed by atoms with Crippen LogP contribution in [-0.4, -0.2) is 36.4 Å². The molecule has 1 aliphatic rings. The summed E-state index contributed by atoms with van der Waals surface area (Å²) in [5.41, 5.74) is 6.53. The number of para-hydroxylation sites is 1. The number of aromatic nitrogens is 5. The lowest BCUT2D eigenvalue weighted by Crippen LogP contribution is -2.33. The lowest BCUT2D eigenvalue weighted by atomic mass is 10.1. The Labute approximate surface area is 151 Å². The van der Waals surface area contributed by atoms with Crippen molar-refractivity contribution in [2.45, 2.75) is 26.6 Å². The fraction of sp³-hybridized carbons (Fsp3) is 0.250. The fourth-order valence-electron chi connectivity index (χ4n) is 3.68. The van der Waals surface area contributed by atoms with Crippen molar-refractivity contribution >= 4 is 10.9 Å². The van der Waals surface area contributed by atoms with E-state index in [9.17, 15) is 0 Å². The summed E-state index contributed by atoms with van der Waals surface area (Å²) in [5.74, 6) is 0. The number of rotatable bonds is 3. The molecule has 5 rings (SSSR count). The molecular formula is C20H20N6. The molecule has 130 valence electrons. The molecule has 0 spiro atoms. The standard InChI is InChI=1S/C20H20N6/c1-14-5-4-8-21-20(14)18-11-15-12-25(9-10-26(15)24-18)13-19-16-6-2-3-7-17(16)22-23-19/h2-8,11H,9-10,12-13H2,1H3,(H,22,23). The number of nitrogens with zero attached hydrogens (tertiary/aromatic N) is 5. The topological polar surface area (TPSA) is 62.6 Å². The molecule has 6 nitrogen and oxygen atoms in total. The Morgan fingerprint density at radius 2 is 2.04 bits per heavy atom. The highest BCUT2D eigenvalue weighted by molar-refractivity contribution is 5.81. The first-order valence-electron chi connectivity index (χ1n) is 8.91. The van der Waals surface area contributed by atoms with Gasteiger partial charge in [-0.3, -0.25) is 19.7 Å². The fourth-order valence-corrected chi connectivity index (χ4v) is 3.68. The molecule has 0 saturated carbocycles. The molecule has 1 N–H and O–H groups in total. The largest absolute Gasteiger partial charge is 0.290 e. The molecule has 0 bridgehead atoms. The minimum Gasteiger partial charge on any atom is -0.290 e. The Hall–Kier alpha value is -2.99. The number of fused-ring (bicyclic) bond motifs is 2. The number of nitrogens with one attached hydrogen (secondary N) is 1. The van der Waals surface area contributed by atoms with Gasteiger partial charge in [-0.15, -0.1) is 0 Å². The number of pyridine rings is 1. The van der Waals surface area contributed by atoms with Gasteiger partial charge >= 0.3 is 0 Å². The summed E-state index contributed by atoms with van der Waals surface area (Å²) < 4.78 is 2.12. The van der Waals surface area contributed by atoms with E-state index in [2.05, 4.69) is 56.0 Å². The summed E-state index contributed by atoms with van der Waals surface area (Å²) in [7, 11) is 0. The van der Waals surface area contributed by atoms with Crippen molar-refractivity contribution < 1.29 is 0 Å². The molecule has 0 atom stereocenters. The lowest BCUT2D eigenvalue weighted by Gasteiger charge is -2.27. The maximum Gasteiger partial charge on any atom is 0.111 e. The molecular weight excluding hydrogens is 324 g/mol. The van der Waals surface area contributed by atoms with Crippen LogP contribution in [-0.2, 0) is 19.6 Å². The van der Waals surface area contributed by atoms with E-state index < -0.39 is 0 Å². The number of aromatic amines is 1. The van der Waals surface area contributed by atoms with Crippen molar-refractivity contribution in [2.24, 2.45) is 0 Å². The summed E-state index contributed by atoms with van der Waals surface area (Å²) in [6.07, 6.45) is 1.83. The van der Waals surface area contributed by atoms with E-state index in [0.29, 0.717) is 0 Å². The Kier molecular flexibility index (Phi) is 3.57. The van der Waals surface area contributed by atoms with Crippen molar-refractivity contribution in [3.8, 4) is 11.4 Å². The molecule has 0 fully saturated rings. The molecule has 0 saturated heterocycles. The molecule has 4 heterocycles. The summed E-state index contributed by atoms with van der Waals surface area (Å²) >= 11 is 0. The van der Waals surface area contributed by atoms with Crippen molar-refractivity contribution in [3.63, 3.8) is 0 Å². The minimum absolute atomic E-state index is 0.865. The van der Waals surface area contributed by atoms with Gasteiger partial charge in [0.05, 0.1) is 29.1 Å². The van der Waals surface area contributed by atoms with Crippen molar-refractivity contribution in [1.82, 2.24) is 29.9 Å². The first-order chi connectivity index (χ1) is 12.8. The van der Waals surface area contributed by atoms with Crippen LogP contribution in [0.3, 0.4) is 0 Å². The lowest BCUT2D eigenvalue weighted by molar-refractivity contribution is 0.203. The van der Waals surface area contributed by atoms with Crippen molar-refractivity contribution in [2.75, 3.05) is 6.54 Å². The molecule has 0 aliphatic carbocycles. The normalized spacial score (nSPS) is 14.7. The van der Waals surface area contributed by atoms with E-state index in [4.69, 9.17) is 5.10 Å². The second kappa shape index (κ2) is 6.07. The van der Waals surface area contributed by atoms with Crippen LogP contribution in [0.25, 0.3) is 22.3 Å². The Balaban J connectivity index is 1.39. The zero-order chi connectivity index (χ0) is 17.5. The zero-order valence-corrected chi connectivity index (χ0v) is 14.7. The van der Waals surface area contributed by atoms with Crippen LogP contribution in [0.2, 0.25) is 0 Å². The van der Waals surface area contributed by atoms with Crippen LogP contribution < -0.4 is 0 Å². The van der Waals surface area contributed by atoms with Gasteiger partial charge < -0.3 is 0 Å². The first-order valence-corrected chi connectivity index (χ1v) is 8.91. The quantitative estimate of drug-likeness (QED) is 0.620. The zero-order valence-electron chi connectivity index (χ0n) is 14.7. The smallest absolute Gasteiger partial charge is 0.111 e. The maximum absolute atomic E-state index is 4.77. The number of hydrogen-bond acceptors (Lipinski definition) is 4. The molecule has 0 radical (unpaired) electrons. The number of benzene rings is 1. The molecule has 6 heteroatoms. The van der Waals surface area contributed by atoms with Gasteiger partial charge in [0.25, 0.3) is 0 Å². The molecule has 1 aliphatic heterocycles. The Morgan fingerprint density at radius 1 is 1.12 bits per heavy atom. The molecule has 1 aromatic carbocycles. The Morgan fingerprint density at radius 3 is 2.96 bits per heavy atom. The van der Waals surface area contributed by atoms with E-state index in [0.717, 1.165) is 48.6 Å². The summed E-state index contributed by atoms with van der Waals surface area (Å²) in [5, 5.41) is 13.6. The average Bonchev–Trinajstić information content (AvgIpc) is 3.26. The predicted molar refractivity (Wildman–Crippen MR) is 100 cm³/mol. The van der Waals surface area contributed by atoms with Gasteiger partial charge in [0, 0.05) is 31.2 Å². The third kappa shape index (κ3) is 2.59. The molecule has 26 heavy (non-hydrogen) atoms. The molecule has 3 aromatic heterocycles. The second-order valence-corrected chi connectivity index (χ2v) is 6.84. The molecule has 4 aromatic rings. The maximum atomic E-state index is 4.77. The highest BCUT2D eigenvalue weighted by Gasteiger charge is 2.21. The highest BCUT2D eigenvalue weighted by atomic mass is 15.3. The number of H-pyrrole nitrogens is 1. The Bertz CT molecular complexity index is 1080. The van der Waals surface area contributed by atoms with Crippen LogP contribution in [0, 0.1) is 6.92 Å². The van der Waals surface area contributed by atoms with Crippen LogP contribution in [0.15, 0.2) is 48.7 Å². The van der Waals surface area contributed by atoms with Gasteiger partial charge in [-0.2, -0.15) is 10.2 Å². The average molecular weight is 344 g/mol. The monoisotopic (exact) mass is 344 g/mol. The number of aryl methyl sites for hydroxylation is 1. The van der Waals surface area contributed by atoms with E-state index in [1.165, 1.54) is 16.8 Å². The van der Waals surface area contributed by atoms with Crippen LogP contribution in [0.5, 0.6) is 0 Å². The van der Waals surface area contributed by atoms with Gasteiger partial charge in [-0.25, -0.2) is 0 Å². The van der Waals surface area contributed by atoms with E-state index >= 15 is 0 Å². The minimum atomic E-state index is 0.865. The van der Waals surface area contributed by atoms with Crippen molar-refractivity contribution in [3.05, 3.63) is 65.6 Å². The van der Waals surface area contributed by atoms with Gasteiger partial charge in [0.2, 0.25) is 0 Å². The molecule has 0 amide bonds. The summed E-state index contributed by atoms with van der Waals surface area (Å²) in [6, 6.07) is 14.5. The van der Waals surface area contributed by atoms with E-state index in [-0.39, 0.29) is 0 Å². The number of hydrogen-bond donors (Lipinski definition) is 1. The van der Waals surface area contributed by atoms with Crippen molar-refractivity contribution in [1.29, 1.82) is 0 Å². The highest BCUT2D eigenvalue weighted by Crippen LogP contribution is 2.24. The molecule has 0 unspecified atom stereocenters. The van der Waals surface area contributed by atoms with Gasteiger partial charge in [0.1, 0.15) is 5.69 Å². The van der Waals surface area contributed by atoms with Gasteiger partial charge in [0.15, 0.2) is 0 Å². The SMILES string of the molecule is Cc1cccnc1-c1cc2n(n1)CCN(Cc1[nH]nc3ccccc13)C2. The summed E-state index contributed by atoms with van der Waals surface area (Å²) in [6.45, 7) is 5.70. The first kappa shape index (κ1) is 15.3. The third-order valence-corrected chi connectivity index (χ3v) is 5.05. The van der Waals surface area contributed by atoms with Gasteiger partial charge in [-0.05, 0) is 30.7 Å². The van der Waals surface area contributed by atoms with Gasteiger partial charge in [-0.1, -0.05) is 24.3 Å².